The van der Waals surface area contributed by atoms with Crippen LogP contribution in [0.1, 0.15) is 19.4 Å². The number of amides is 2. The average Bonchev–Trinajstić information content (AvgIpc) is 3.01. The summed E-state index contributed by atoms with van der Waals surface area (Å²) in [6.07, 6.45) is 5.26. The van der Waals surface area contributed by atoms with E-state index in [4.69, 9.17) is 0 Å². The molecule has 2 amide bonds. The lowest BCUT2D eigenvalue weighted by atomic mass is 10.2. The zero-order chi connectivity index (χ0) is 14.4. The number of aromatic nitrogens is 3. The van der Waals surface area contributed by atoms with E-state index < -0.39 is 0 Å². The standard InChI is InChI=1S/C14H19N5O/c1-3-18(4-2)14(20)16-11-12-6-8-15-13(10-12)19-9-5-7-17-19/h5-10H,3-4,11H2,1-2H3,(H,16,20). The van der Waals surface area contributed by atoms with Crippen LogP contribution in [0.5, 0.6) is 0 Å². The molecule has 0 aromatic carbocycles. The highest BCUT2D eigenvalue weighted by molar-refractivity contribution is 5.74. The van der Waals surface area contributed by atoms with E-state index in [0.717, 1.165) is 11.4 Å². The smallest absolute Gasteiger partial charge is 0.317 e. The molecule has 2 rings (SSSR count). The number of carbonyl (C=O) groups excluding carboxylic acids is 1. The van der Waals surface area contributed by atoms with Crippen LogP contribution in [0, 0.1) is 0 Å². The largest absolute Gasteiger partial charge is 0.334 e. The van der Waals surface area contributed by atoms with Crippen molar-refractivity contribution >= 4 is 6.03 Å². The number of hydrogen-bond acceptors (Lipinski definition) is 3. The van der Waals surface area contributed by atoms with Crippen molar-refractivity contribution in [3.63, 3.8) is 0 Å². The third kappa shape index (κ3) is 3.34. The molecule has 0 unspecified atom stereocenters. The molecule has 2 heterocycles. The molecule has 0 radical (unpaired) electrons. The van der Waals surface area contributed by atoms with Crippen molar-refractivity contribution in [3.8, 4) is 5.82 Å². The summed E-state index contributed by atoms with van der Waals surface area (Å²) in [5.41, 5.74) is 0.992. The first kappa shape index (κ1) is 14.0. The van der Waals surface area contributed by atoms with Crippen molar-refractivity contribution in [1.29, 1.82) is 0 Å². The number of nitrogens with one attached hydrogen (secondary N) is 1. The molecule has 6 nitrogen and oxygen atoms in total. The molecule has 1 N–H and O–H groups in total. The second kappa shape index (κ2) is 6.70. The van der Waals surface area contributed by atoms with Crippen molar-refractivity contribution in [1.82, 2.24) is 25.0 Å². The van der Waals surface area contributed by atoms with E-state index in [0.29, 0.717) is 19.6 Å². The molecule has 0 aliphatic carbocycles. The normalized spacial score (nSPS) is 10.3. The highest BCUT2D eigenvalue weighted by Crippen LogP contribution is 2.06. The molecule has 20 heavy (non-hydrogen) atoms. The van der Waals surface area contributed by atoms with E-state index in [2.05, 4.69) is 15.4 Å². The van der Waals surface area contributed by atoms with Gasteiger partial charge in [-0.3, -0.25) is 0 Å². The maximum atomic E-state index is 11.9. The lowest BCUT2D eigenvalue weighted by molar-refractivity contribution is 0.203. The van der Waals surface area contributed by atoms with Gasteiger partial charge in [-0.05, 0) is 37.6 Å². The van der Waals surface area contributed by atoms with Gasteiger partial charge in [0.1, 0.15) is 0 Å². The number of hydrogen-bond donors (Lipinski definition) is 1. The Labute approximate surface area is 118 Å². The number of rotatable bonds is 5. The minimum atomic E-state index is -0.0487. The molecule has 0 aliphatic heterocycles. The van der Waals surface area contributed by atoms with Crippen LogP contribution in [0.25, 0.3) is 5.82 Å². The Morgan fingerprint density at radius 3 is 2.80 bits per heavy atom. The molecule has 0 aliphatic rings. The van der Waals surface area contributed by atoms with Gasteiger partial charge in [-0.1, -0.05) is 0 Å². The summed E-state index contributed by atoms with van der Waals surface area (Å²) in [5, 5.41) is 7.04. The van der Waals surface area contributed by atoms with Crippen LogP contribution >= 0.6 is 0 Å². The minimum absolute atomic E-state index is 0.0487. The fourth-order valence-electron chi connectivity index (χ4n) is 1.90. The van der Waals surface area contributed by atoms with Gasteiger partial charge in [-0.2, -0.15) is 5.10 Å². The van der Waals surface area contributed by atoms with Crippen molar-refractivity contribution in [3.05, 3.63) is 42.4 Å². The first-order chi connectivity index (χ1) is 9.74. The lowest BCUT2D eigenvalue weighted by Gasteiger charge is -2.19. The summed E-state index contributed by atoms with van der Waals surface area (Å²) in [6.45, 7) is 5.82. The van der Waals surface area contributed by atoms with E-state index in [1.165, 1.54) is 0 Å². The van der Waals surface area contributed by atoms with E-state index in [9.17, 15) is 4.79 Å². The van der Waals surface area contributed by atoms with Gasteiger partial charge in [-0.25, -0.2) is 14.5 Å². The van der Waals surface area contributed by atoms with Gasteiger partial charge in [0.25, 0.3) is 0 Å². The van der Waals surface area contributed by atoms with Crippen LogP contribution < -0.4 is 5.32 Å². The zero-order valence-corrected chi connectivity index (χ0v) is 11.8. The third-order valence-electron chi connectivity index (χ3n) is 3.04. The summed E-state index contributed by atoms with van der Waals surface area (Å²) in [4.78, 5) is 17.9. The van der Waals surface area contributed by atoms with Gasteiger partial charge in [0.2, 0.25) is 0 Å². The van der Waals surface area contributed by atoms with Crippen molar-refractivity contribution < 1.29 is 4.79 Å². The van der Waals surface area contributed by atoms with Crippen molar-refractivity contribution in [2.75, 3.05) is 13.1 Å². The van der Waals surface area contributed by atoms with E-state index in [-0.39, 0.29) is 6.03 Å². The Morgan fingerprint density at radius 1 is 1.35 bits per heavy atom. The fraction of sp³-hybridized carbons (Fsp3) is 0.357. The molecule has 106 valence electrons. The molecule has 0 saturated heterocycles. The van der Waals surface area contributed by atoms with Gasteiger partial charge in [0, 0.05) is 38.2 Å². The monoisotopic (exact) mass is 273 g/mol. The molecule has 0 saturated carbocycles. The summed E-state index contributed by atoms with van der Waals surface area (Å²) < 4.78 is 1.69. The number of carbonyl (C=O) groups is 1. The SMILES string of the molecule is CCN(CC)C(=O)NCc1ccnc(-n2cccn2)c1. The molecule has 0 fully saturated rings. The Balaban J connectivity index is 2.00. The number of nitrogens with zero attached hydrogens (tertiary/aromatic N) is 4. The summed E-state index contributed by atoms with van der Waals surface area (Å²) in [7, 11) is 0. The van der Waals surface area contributed by atoms with E-state index in [1.54, 1.807) is 22.0 Å². The van der Waals surface area contributed by atoms with Gasteiger partial charge < -0.3 is 10.2 Å². The second-order valence-electron chi connectivity index (χ2n) is 4.30. The van der Waals surface area contributed by atoms with Crippen molar-refractivity contribution in [2.24, 2.45) is 0 Å². The topological polar surface area (TPSA) is 63.1 Å². The lowest BCUT2D eigenvalue weighted by Crippen LogP contribution is -2.39. The van der Waals surface area contributed by atoms with E-state index in [1.807, 2.05) is 38.2 Å². The highest BCUT2D eigenvalue weighted by Gasteiger charge is 2.08. The Hall–Kier alpha value is -2.37. The summed E-state index contributed by atoms with van der Waals surface area (Å²) in [5.74, 6) is 0.740. The summed E-state index contributed by atoms with van der Waals surface area (Å²) >= 11 is 0. The third-order valence-corrected chi connectivity index (χ3v) is 3.04. The molecule has 0 bridgehead atoms. The molecule has 2 aromatic heterocycles. The van der Waals surface area contributed by atoms with Crippen LogP contribution in [0.3, 0.4) is 0 Å². The van der Waals surface area contributed by atoms with Gasteiger partial charge in [0.05, 0.1) is 0 Å². The number of urea groups is 1. The van der Waals surface area contributed by atoms with E-state index >= 15 is 0 Å². The maximum absolute atomic E-state index is 11.9. The minimum Gasteiger partial charge on any atom is -0.334 e. The van der Waals surface area contributed by atoms with Crippen LogP contribution in [-0.4, -0.2) is 38.8 Å². The molecular weight excluding hydrogens is 254 g/mol. The Morgan fingerprint density at radius 2 is 2.15 bits per heavy atom. The molecule has 2 aromatic rings. The highest BCUT2D eigenvalue weighted by atomic mass is 16.2. The Kier molecular flexibility index (Phi) is 4.70. The molecular formula is C14H19N5O. The predicted molar refractivity (Wildman–Crippen MR) is 76.5 cm³/mol. The van der Waals surface area contributed by atoms with Gasteiger partial charge in [-0.15, -0.1) is 0 Å². The quantitative estimate of drug-likeness (QED) is 0.903. The van der Waals surface area contributed by atoms with Crippen molar-refractivity contribution in [2.45, 2.75) is 20.4 Å². The zero-order valence-electron chi connectivity index (χ0n) is 11.8. The molecule has 0 atom stereocenters. The first-order valence-electron chi connectivity index (χ1n) is 6.72. The van der Waals surface area contributed by atoms with Crippen LogP contribution in [0.15, 0.2) is 36.8 Å². The first-order valence-corrected chi connectivity index (χ1v) is 6.72. The van der Waals surface area contributed by atoms with Crippen LogP contribution in [0.2, 0.25) is 0 Å². The molecule has 0 spiro atoms. The Bertz CT molecular complexity index is 548. The maximum Gasteiger partial charge on any atom is 0.317 e. The molecule has 6 heteroatoms. The van der Waals surface area contributed by atoms with Gasteiger partial charge in [0.15, 0.2) is 5.82 Å². The predicted octanol–water partition coefficient (Wildman–Crippen LogP) is 1.82. The summed E-state index contributed by atoms with van der Waals surface area (Å²) in [6, 6.07) is 5.59. The van der Waals surface area contributed by atoms with Crippen LogP contribution in [0.4, 0.5) is 4.79 Å². The number of pyridine rings is 1. The fourth-order valence-corrected chi connectivity index (χ4v) is 1.90. The van der Waals surface area contributed by atoms with Crippen LogP contribution in [-0.2, 0) is 6.54 Å². The second-order valence-corrected chi connectivity index (χ2v) is 4.30. The average molecular weight is 273 g/mol. The van der Waals surface area contributed by atoms with Gasteiger partial charge >= 0.3 is 6.03 Å².